The highest BCUT2D eigenvalue weighted by atomic mass is 16.5. The van der Waals surface area contributed by atoms with Crippen LogP contribution in [0.5, 0.6) is 11.5 Å². The number of urea groups is 1. The Kier molecular flexibility index (Phi) is 6.61. The van der Waals surface area contributed by atoms with E-state index in [-0.39, 0.29) is 17.5 Å². The van der Waals surface area contributed by atoms with Gasteiger partial charge >= 0.3 is 6.03 Å². The SMILES string of the molecule is COc1ccc(OC)c(NC(=O)N(Cc2cc(=O)[nH]c3ccccc23)CC(C)C)c1. The van der Waals surface area contributed by atoms with Crippen molar-refractivity contribution in [3.05, 3.63) is 64.4 Å². The van der Waals surface area contributed by atoms with Crippen LogP contribution in [-0.4, -0.2) is 36.7 Å². The normalized spacial score (nSPS) is 10.8. The smallest absolute Gasteiger partial charge is 0.322 e. The summed E-state index contributed by atoms with van der Waals surface area (Å²) in [5, 5.41) is 3.84. The van der Waals surface area contributed by atoms with E-state index in [4.69, 9.17) is 9.47 Å². The first-order chi connectivity index (χ1) is 14.4. The number of methoxy groups -OCH3 is 2. The Balaban J connectivity index is 1.92. The maximum atomic E-state index is 13.2. The van der Waals surface area contributed by atoms with Crippen molar-refractivity contribution in [3.63, 3.8) is 0 Å². The minimum Gasteiger partial charge on any atom is -0.497 e. The van der Waals surface area contributed by atoms with Gasteiger partial charge < -0.3 is 24.7 Å². The second kappa shape index (κ2) is 9.35. The molecule has 0 fully saturated rings. The highest BCUT2D eigenvalue weighted by Crippen LogP contribution is 2.29. The number of para-hydroxylation sites is 1. The van der Waals surface area contributed by atoms with Gasteiger partial charge in [0.2, 0.25) is 5.56 Å². The van der Waals surface area contributed by atoms with E-state index < -0.39 is 0 Å². The molecule has 7 heteroatoms. The van der Waals surface area contributed by atoms with E-state index >= 15 is 0 Å². The Morgan fingerprint density at radius 1 is 1.10 bits per heavy atom. The molecule has 3 rings (SSSR count). The molecule has 2 N–H and O–H groups in total. The van der Waals surface area contributed by atoms with Gasteiger partial charge in [-0.15, -0.1) is 0 Å². The van der Waals surface area contributed by atoms with Gasteiger partial charge in [0.1, 0.15) is 11.5 Å². The lowest BCUT2D eigenvalue weighted by atomic mass is 10.1. The van der Waals surface area contributed by atoms with Crippen LogP contribution in [0, 0.1) is 5.92 Å². The zero-order valence-electron chi connectivity index (χ0n) is 17.7. The summed E-state index contributed by atoms with van der Waals surface area (Å²) in [5.41, 5.74) is 1.87. The first-order valence-corrected chi connectivity index (χ1v) is 9.80. The molecule has 7 nitrogen and oxygen atoms in total. The molecule has 0 bridgehead atoms. The number of H-pyrrole nitrogens is 1. The average Bonchev–Trinajstić information content (AvgIpc) is 2.72. The number of pyridine rings is 1. The zero-order chi connectivity index (χ0) is 21.7. The lowest BCUT2D eigenvalue weighted by molar-refractivity contribution is 0.201. The predicted octanol–water partition coefficient (Wildman–Crippen LogP) is 4.24. The van der Waals surface area contributed by atoms with Gasteiger partial charge in [0.15, 0.2) is 0 Å². The fourth-order valence-corrected chi connectivity index (χ4v) is 3.38. The lowest BCUT2D eigenvalue weighted by Gasteiger charge is -2.26. The molecule has 2 aromatic carbocycles. The number of benzene rings is 2. The van der Waals surface area contributed by atoms with E-state index in [1.807, 2.05) is 38.1 Å². The average molecular weight is 409 g/mol. The number of nitrogens with zero attached hydrogens (tertiary/aromatic N) is 1. The third-order valence-corrected chi connectivity index (χ3v) is 4.72. The van der Waals surface area contributed by atoms with Gasteiger partial charge in [-0.3, -0.25) is 4.79 Å². The van der Waals surface area contributed by atoms with E-state index in [1.54, 1.807) is 43.4 Å². The number of ether oxygens (including phenoxy) is 2. The number of hydrogen-bond acceptors (Lipinski definition) is 4. The molecule has 3 aromatic rings. The number of aromatic amines is 1. The molecule has 0 spiro atoms. The molecule has 0 unspecified atom stereocenters. The van der Waals surface area contributed by atoms with Crippen molar-refractivity contribution >= 4 is 22.6 Å². The molecule has 1 heterocycles. The highest BCUT2D eigenvalue weighted by Gasteiger charge is 2.19. The molecule has 0 saturated heterocycles. The number of rotatable bonds is 7. The predicted molar refractivity (Wildman–Crippen MR) is 118 cm³/mol. The molecule has 30 heavy (non-hydrogen) atoms. The number of carbonyl (C=O) groups excluding carboxylic acids is 1. The van der Waals surface area contributed by atoms with Gasteiger partial charge in [-0.1, -0.05) is 32.0 Å². The van der Waals surface area contributed by atoms with Gasteiger partial charge in [-0.2, -0.15) is 0 Å². The summed E-state index contributed by atoms with van der Waals surface area (Å²) in [6.45, 7) is 4.92. The van der Waals surface area contributed by atoms with Crippen LogP contribution in [0.4, 0.5) is 10.5 Å². The Morgan fingerprint density at radius 2 is 1.87 bits per heavy atom. The van der Waals surface area contributed by atoms with Gasteiger partial charge in [0, 0.05) is 36.1 Å². The van der Waals surface area contributed by atoms with Crippen LogP contribution in [0.1, 0.15) is 19.4 Å². The summed E-state index contributed by atoms with van der Waals surface area (Å²) < 4.78 is 10.6. The largest absolute Gasteiger partial charge is 0.497 e. The summed E-state index contributed by atoms with van der Waals surface area (Å²) in [5.74, 6) is 1.40. The molecule has 0 aliphatic rings. The molecule has 2 amide bonds. The fraction of sp³-hybridized carbons (Fsp3) is 0.304. The molecule has 0 aliphatic carbocycles. The van der Waals surface area contributed by atoms with Crippen LogP contribution >= 0.6 is 0 Å². The Labute approximate surface area is 175 Å². The minimum absolute atomic E-state index is 0.192. The number of nitrogens with one attached hydrogen (secondary N) is 2. The molecule has 0 atom stereocenters. The van der Waals surface area contributed by atoms with E-state index in [1.165, 1.54) is 0 Å². The summed E-state index contributed by atoms with van der Waals surface area (Å²) in [6, 6.07) is 14.1. The number of aromatic nitrogens is 1. The van der Waals surface area contributed by atoms with Crippen LogP contribution in [-0.2, 0) is 6.54 Å². The van der Waals surface area contributed by atoms with Crippen LogP contribution in [0.3, 0.4) is 0 Å². The number of hydrogen-bond donors (Lipinski definition) is 2. The first-order valence-electron chi connectivity index (χ1n) is 9.80. The molecule has 1 aromatic heterocycles. The van der Waals surface area contributed by atoms with E-state index in [2.05, 4.69) is 10.3 Å². The summed E-state index contributed by atoms with van der Waals surface area (Å²) in [4.78, 5) is 29.8. The van der Waals surface area contributed by atoms with E-state index in [9.17, 15) is 9.59 Å². The first kappa shape index (κ1) is 21.2. The van der Waals surface area contributed by atoms with Crippen molar-refractivity contribution in [3.8, 4) is 11.5 Å². The second-order valence-electron chi connectivity index (χ2n) is 7.48. The van der Waals surface area contributed by atoms with E-state index in [0.717, 1.165) is 16.5 Å². The molecule has 0 radical (unpaired) electrons. The van der Waals surface area contributed by atoms with Crippen LogP contribution in [0.2, 0.25) is 0 Å². The molecule has 0 aliphatic heterocycles. The van der Waals surface area contributed by atoms with Crippen LogP contribution in [0.15, 0.2) is 53.3 Å². The van der Waals surface area contributed by atoms with Crippen molar-refractivity contribution in [2.24, 2.45) is 5.92 Å². The van der Waals surface area contributed by atoms with Crippen molar-refractivity contribution in [1.29, 1.82) is 0 Å². The van der Waals surface area contributed by atoms with Gasteiger partial charge in [0.25, 0.3) is 0 Å². The van der Waals surface area contributed by atoms with Gasteiger partial charge in [-0.05, 0) is 29.7 Å². The van der Waals surface area contributed by atoms with Gasteiger partial charge in [0.05, 0.1) is 19.9 Å². The summed E-state index contributed by atoms with van der Waals surface area (Å²) in [7, 11) is 3.11. The Bertz CT molecular complexity index is 1090. The van der Waals surface area contributed by atoms with Crippen molar-refractivity contribution in [1.82, 2.24) is 9.88 Å². The number of anilines is 1. The molecular weight excluding hydrogens is 382 g/mol. The maximum absolute atomic E-state index is 13.2. The van der Waals surface area contributed by atoms with Crippen molar-refractivity contribution in [2.45, 2.75) is 20.4 Å². The Morgan fingerprint density at radius 3 is 2.57 bits per heavy atom. The quantitative estimate of drug-likeness (QED) is 0.612. The summed E-state index contributed by atoms with van der Waals surface area (Å²) >= 11 is 0. The topological polar surface area (TPSA) is 83.7 Å². The third kappa shape index (κ3) is 4.92. The monoisotopic (exact) mass is 409 g/mol. The van der Waals surface area contributed by atoms with Crippen LogP contribution in [0.25, 0.3) is 10.9 Å². The second-order valence-corrected chi connectivity index (χ2v) is 7.48. The standard InChI is InChI=1S/C23H27N3O4/c1-15(2)13-26(14-16-11-22(27)24-19-8-6-5-7-18(16)19)23(28)25-20-12-17(29-3)9-10-21(20)30-4/h5-12,15H,13-14H2,1-4H3,(H,24,27)(H,25,28). The summed E-state index contributed by atoms with van der Waals surface area (Å²) in [6.07, 6.45) is 0. The fourth-order valence-electron chi connectivity index (χ4n) is 3.38. The lowest BCUT2D eigenvalue weighted by Crippen LogP contribution is -2.37. The zero-order valence-corrected chi connectivity index (χ0v) is 17.7. The van der Waals surface area contributed by atoms with Crippen LogP contribution < -0.4 is 20.3 Å². The molecule has 0 saturated carbocycles. The van der Waals surface area contributed by atoms with Crippen molar-refractivity contribution in [2.75, 3.05) is 26.1 Å². The third-order valence-electron chi connectivity index (χ3n) is 4.72. The number of fused-ring (bicyclic) bond motifs is 1. The number of amides is 2. The van der Waals surface area contributed by atoms with Gasteiger partial charge in [-0.25, -0.2) is 4.79 Å². The minimum atomic E-state index is -0.278. The number of carbonyl (C=O) groups is 1. The highest BCUT2D eigenvalue weighted by molar-refractivity contribution is 5.92. The molecule has 158 valence electrons. The Hall–Kier alpha value is -3.48. The maximum Gasteiger partial charge on any atom is 0.322 e. The molecular formula is C23H27N3O4. The van der Waals surface area contributed by atoms with Crippen molar-refractivity contribution < 1.29 is 14.3 Å². The van der Waals surface area contributed by atoms with E-state index in [0.29, 0.717) is 30.3 Å².